The van der Waals surface area contributed by atoms with Crippen molar-refractivity contribution in [2.24, 2.45) is 11.8 Å². The van der Waals surface area contributed by atoms with E-state index in [0.717, 1.165) is 63.3 Å². The number of piperidine rings is 2. The molecule has 2 bridgehead atoms. The maximum absolute atomic E-state index is 13.7. The summed E-state index contributed by atoms with van der Waals surface area (Å²) in [6.45, 7) is 9.70. The second-order valence-electron chi connectivity index (χ2n) is 12.1. The molecule has 0 aliphatic carbocycles. The molecule has 1 N–H and O–H groups in total. The molecule has 5 rings (SSSR count). The molecule has 1 aromatic carbocycles. The number of nitrogens with zero attached hydrogens (tertiary/aromatic N) is 4. The molecule has 1 aromatic rings. The molecule has 4 aliphatic heterocycles. The van der Waals surface area contributed by atoms with E-state index in [1.54, 1.807) is 6.92 Å². The van der Waals surface area contributed by atoms with Crippen LogP contribution in [0.25, 0.3) is 0 Å². The van der Waals surface area contributed by atoms with Crippen LogP contribution in [0, 0.1) is 11.8 Å². The van der Waals surface area contributed by atoms with Gasteiger partial charge in [0.25, 0.3) is 0 Å². The maximum Gasteiger partial charge on any atom is 0.236 e. The molecular formula is C32H47N5O4. The van der Waals surface area contributed by atoms with E-state index in [9.17, 15) is 14.4 Å². The first-order chi connectivity index (χ1) is 20.0. The number of ether oxygens (including phenoxy) is 1. The summed E-state index contributed by atoms with van der Waals surface area (Å²) in [4.78, 5) is 47.1. The van der Waals surface area contributed by atoms with E-state index in [1.165, 1.54) is 12.8 Å². The molecule has 3 amide bonds. The Morgan fingerprint density at radius 2 is 1.78 bits per heavy atom. The Labute approximate surface area is 244 Å². The van der Waals surface area contributed by atoms with E-state index in [2.05, 4.69) is 33.3 Å². The SMILES string of the molecule is CC(=O)N1CCC(N2CC(=O)N3CC[C@@H](CC(=O)NCCN4CCCC4)[C@@H](/C=C\COc4ccccc4C2)C3)CC1. The van der Waals surface area contributed by atoms with Crippen molar-refractivity contribution in [1.29, 1.82) is 0 Å². The van der Waals surface area contributed by atoms with Gasteiger partial charge in [-0.1, -0.05) is 30.4 Å². The number of hydrogen-bond donors (Lipinski definition) is 1. The summed E-state index contributed by atoms with van der Waals surface area (Å²) >= 11 is 0. The molecule has 224 valence electrons. The van der Waals surface area contributed by atoms with Gasteiger partial charge in [-0.2, -0.15) is 0 Å². The third-order valence-corrected chi connectivity index (χ3v) is 9.38. The van der Waals surface area contributed by atoms with Gasteiger partial charge in [-0.3, -0.25) is 19.3 Å². The summed E-state index contributed by atoms with van der Waals surface area (Å²) in [6.07, 6.45) is 9.75. The first-order valence-electron chi connectivity index (χ1n) is 15.6. The number of amides is 3. The second-order valence-corrected chi connectivity index (χ2v) is 12.1. The van der Waals surface area contributed by atoms with Gasteiger partial charge in [-0.05, 0) is 63.1 Å². The molecule has 2 atom stereocenters. The summed E-state index contributed by atoms with van der Waals surface area (Å²) in [5, 5.41) is 3.14. The van der Waals surface area contributed by atoms with Crippen molar-refractivity contribution in [2.45, 2.75) is 58.0 Å². The van der Waals surface area contributed by atoms with E-state index < -0.39 is 0 Å². The number of rotatable bonds is 6. The van der Waals surface area contributed by atoms with Gasteiger partial charge in [0.15, 0.2) is 0 Å². The zero-order valence-corrected chi connectivity index (χ0v) is 24.6. The number of carbonyl (C=O) groups excluding carboxylic acids is 3. The Morgan fingerprint density at radius 3 is 2.56 bits per heavy atom. The number of benzene rings is 1. The predicted octanol–water partition coefficient (Wildman–Crippen LogP) is 2.51. The van der Waals surface area contributed by atoms with Crippen LogP contribution in [0.5, 0.6) is 5.75 Å². The molecule has 3 saturated heterocycles. The Balaban J connectivity index is 1.26. The van der Waals surface area contributed by atoms with Gasteiger partial charge >= 0.3 is 0 Å². The average molecular weight is 566 g/mol. The van der Waals surface area contributed by atoms with E-state index >= 15 is 0 Å². The lowest BCUT2D eigenvalue weighted by molar-refractivity contribution is -0.137. The van der Waals surface area contributed by atoms with Crippen LogP contribution in [0.4, 0.5) is 0 Å². The highest BCUT2D eigenvalue weighted by Gasteiger charge is 2.34. The van der Waals surface area contributed by atoms with Crippen LogP contribution >= 0.6 is 0 Å². The molecule has 0 radical (unpaired) electrons. The standard InChI is InChI=1S/C32H47N5O4/c1-25(38)35-17-11-29(12-18-35)37-23-28-7-2-3-9-30(28)41-20-6-8-27-22-36(32(40)24-37)16-10-26(27)21-31(39)33-13-19-34-14-4-5-15-34/h2-3,6-9,26-27,29H,4-5,10-24H2,1H3,(H,33,39)/b8-6-/t26-,27-/m0/s1. The van der Waals surface area contributed by atoms with E-state index in [0.29, 0.717) is 45.8 Å². The highest BCUT2D eigenvalue weighted by Crippen LogP contribution is 2.30. The van der Waals surface area contributed by atoms with Crippen molar-refractivity contribution >= 4 is 17.7 Å². The number of nitrogens with one attached hydrogen (secondary N) is 1. The van der Waals surface area contributed by atoms with Crippen LogP contribution in [-0.4, -0.2) is 109 Å². The number of hydrogen-bond acceptors (Lipinski definition) is 6. The summed E-state index contributed by atoms with van der Waals surface area (Å²) < 4.78 is 6.22. The summed E-state index contributed by atoms with van der Waals surface area (Å²) in [7, 11) is 0. The van der Waals surface area contributed by atoms with E-state index in [4.69, 9.17) is 4.74 Å². The van der Waals surface area contributed by atoms with Crippen molar-refractivity contribution in [3.8, 4) is 5.75 Å². The lowest BCUT2D eigenvalue weighted by atomic mass is 9.82. The van der Waals surface area contributed by atoms with Crippen LogP contribution < -0.4 is 10.1 Å². The largest absolute Gasteiger partial charge is 0.489 e. The Bertz CT molecular complexity index is 1080. The van der Waals surface area contributed by atoms with E-state index in [1.807, 2.05) is 28.0 Å². The van der Waals surface area contributed by atoms with Crippen molar-refractivity contribution in [3.05, 3.63) is 42.0 Å². The fraction of sp³-hybridized carbons (Fsp3) is 0.656. The van der Waals surface area contributed by atoms with Gasteiger partial charge in [0.2, 0.25) is 17.7 Å². The fourth-order valence-electron chi connectivity index (χ4n) is 6.89. The number of fused-ring (bicyclic) bond motifs is 3. The number of para-hydroxylation sites is 1. The number of likely N-dealkylation sites (tertiary alicyclic amines) is 2. The minimum Gasteiger partial charge on any atom is -0.489 e. The van der Waals surface area contributed by atoms with Crippen molar-refractivity contribution in [1.82, 2.24) is 24.9 Å². The molecule has 9 heteroatoms. The topological polar surface area (TPSA) is 85.4 Å². The van der Waals surface area contributed by atoms with Gasteiger partial charge in [0.05, 0.1) is 6.54 Å². The minimum atomic E-state index is 0.110. The highest BCUT2D eigenvalue weighted by molar-refractivity contribution is 5.79. The zero-order valence-electron chi connectivity index (χ0n) is 24.6. The number of carbonyl (C=O) groups is 3. The normalized spacial score (nSPS) is 25.8. The first-order valence-corrected chi connectivity index (χ1v) is 15.6. The van der Waals surface area contributed by atoms with Crippen molar-refractivity contribution in [3.63, 3.8) is 0 Å². The molecule has 0 spiro atoms. The molecule has 4 heterocycles. The van der Waals surface area contributed by atoms with Gasteiger partial charge in [0, 0.05) is 70.8 Å². The Morgan fingerprint density at radius 1 is 1.00 bits per heavy atom. The monoisotopic (exact) mass is 565 g/mol. The zero-order chi connectivity index (χ0) is 28.6. The summed E-state index contributed by atoms with van der Waals surface area (Å²) in [6, 6.07) is 8.31. The lowest BCUT2D eigenvalue weighted by Gasteiger charge is -2.41. The van der Waals surface area contributed by atoms with Crippen LogP contribution in [0.1, 0.15) is 51.0 Å². The predicted molar refractivity (Wildman–Crippen MR) is 158 cm³/mol. The van der Waals surface area contributed by atoms with Crippen molar-refractivity contribution in [2.75, 3.05) is 65.5 Å². The van der Waals surface area contributed by atoms with Gasteiger partial charge in [-0.25, -0.2) is 0 Å². The Hall–Kier alpha value is -2.91. The van der Waals surface area contributed by atoms with Crippen LogP contribution in [0.2, 0.25) is 0 Å². The molecule has 0 saturated carbocycles. The lowest BCUT2D eigenvalue weighted by Crippen LogP contribution is -2.51. The van der Waals surface area contributed by atoms with Gasteiger partial charge in [0.1, 0.15) is 12.4 Å². The third-order valence-electron chi connectivity index (χ3n) is 9.38. The van der Waals surface area contributed by atoms with Crippen LogP contribution in [-0.2, 0) is 20.9 Å². The van der Waals surface area contributed by atoms with Gasteiger partial charge < -0.3 is 24.8 Å². The molecule has 0 unspecified atom stereocenters. The molecule has 41 heavy (non-hydrogen) atoms. The fourth-order valence-corrected chi connectivity index (χ4v) is 6.89. The van der Waals surface area contributed by atoms with E-state index in [-0.39, 0.29) is 35.6 Å². The third kappa shape index (κ3) is 8.10. The second kappa shape index (κ2) is 14.3. The minimum absolute atomic E-state index is 0.110. The van der Waals surface area contributed by atoms with Crippen LogP contribution in [0.15, 0.2) is 36.4 Å². The highest BCUT2D eigenvalue weighted by atomic mass is 16.5. The summed E-state index contributed by atoms with van der Waals surface area (Å²) in [5.74, 6) is 1.52. The Kier molecular flexibility index (Phi) is 10.3. The van der Waals surface area contributed by atoms with Crippen molar-refractivity contribution < 1.29 is 19.1 Å². The molecular weight excluding hydrogens is 518 g/mol. The smallest absolute Gasteiger partial charge is 0.236 e. The first kappa shape index (κ1) is 29.6. The van der Waals surface area contributed by atoms with Gasteiger partial charge in [-0.15, -0.1) is 0 Å². The molecule has 3 fully saturated rings. The molecule has 0 aromatic heterocycles. The van der Waals surface area contributed by atoms with Crippen LogP contribution in [0.3, 0.4) is 0 Å². The molecule has 4 aliphatic rings. The quantitative estimate of drug-likeness (QED) is 0.534. The maximum atomic E-state index is 13.7. The summed E-state index contributed by atoms with van der Waals surface area (Å²) in [5.41, 5.74) is 1.07. The molecule has 9 nitrogen and oxygen atoms in total. The average Bonchev–Trinajstić information content (AvgIpc) is 3.49.